The number of aliphatic hydroxyl groups excluding tert-OH is 1. The molecule has 11 atom stereocenters. The van der Waals surface area contributed by atoms with Crippen LogP contribution in [0.1, 0.15) is 107 Å². The highest BCUT2D eigenvalue weighted by atomic mass is 16.5. The number of methoxy groups -OCH3 is 2. The number of piperidine rings is 2. The fourth-order valence-electron chi connectivity index (χ4n) is 12.1. The number of aromatic amines is 2. The van der Waals surface area contributed by atoms with Crippen LogP contribution in [0.5, 0.6) is 0 Å². The van der Waals surface area contributed by atoms with Gasteiger partial charge in [-0.05, 0) is 132 Å². The van der Waals surface area contributed by atoms with Gasteiger partial charge in [-0.2, -0.15) is 0 Å². The number of amides is 3. The number of ether oxygens (including phenoxy) is 2. The van der Waals surface area contributed by atoms with Crippen molar-refractivity contribution in [2.75, 3.05) is 14.2 Å². The Morgan fingerprint density at radius 2 is 1.45 bits per heavy atom. The number of aromatic nitrogens is 4. The number of aliphatic hydroxyl groups is 1. The molecule has 65 heavy (non-hydrogen) atoms. The van der Waals surface area contributed by atoms with E-state index in [1.807, 2.05) is 38.8 Å². The molecule has 2 saturated heterocycles. The van der Waals surface area contributed by atoms with Crippen LogP contribution < -0.4 is 10.6 Å². The van der Waals surface area contributed by atoms with Gasteiger partial charge in [0.25, 0.3) is 0 Å². The number of imidazole rings is 2. The maximum Gasteiger partial charge on any atom is 0.407 e. The third-order valence-corrected chi connectivity index (χ3v) is 15.9. The topological polar surface area (TPSA) is 178 Å². The zero-order valence-electron chi connectivity index (χ0n) is 38.0. The van der Waals surface area contributed by atoms with Crippen molar-refractivity contribution in [3.63, 3.8) is 0 Å². The summed E-state index contributed by atoms with van der Waals surface area (Å²) in [5.41, 5.74) is 11.7. The molecule has 11 rings (SSSR count). The molecule has 7 unspecified atom stereocenters. The Morgan fingerprint density at radius 1 is 0.754 bits per heavy atom. The normalized spacial score (nSPS) is 27.4. The summed E-state index contributed by atoms with van der Waals surface area (Å²) in [4.78, 5) is 59.6. The molecule has 2 aromatic heterocycles. The largest absolute Gasteiger partial charge is 0.453 e. The van der Waals surface area contributed by atoms with Gasteiger partial charge in [-0.15, -0.1) is 0 Å². The van der Waals surface area contributed by atoms with E-state index in [1.54, 1.807) is 0 Å². The van der Waals surface area contributed by atoms with Crippen LogP contribution in [0.2, 0.25) is 0 Å². The van der Waals surface area contributed by atoms with Gasteiger partial charge in [-0.3, -0.25) is 9.69 Å². The molecule has 6 aliphatic rings. The highest BCUT2D eigenvalue weighted by molar-refractivity contribution is 5.88. The smallest absolute Gasteiger partial charge is 0.407 e. The molecule has 0 radical (unpaired) electrons. The zero-order valence-corrected chi connectivity index (χ0v) is 38.0. The Morgan fingerprint density at radius 3 is 2.17 bits per heavy atom. The van der Waals surface area contributed by atoms with Gasteiger partial charge < -0.3 is 40.1 Å². The second-order valence-corrected chi connectivity index (χ2v) is 20.3. The van der Waals surface area contributed by atoms with Gasteiger partial charge in [0.15, 0.2) is 0 Å². The van der Waals surface area contributed by atoms with Crippen LogP contribution in [-0.2, 0) is 20.7 Å². The molecule has 340 valence electrons. The van der Waals surface area contributed by atoms with Crippen molar-refractivity contribution >= 4 is 29.1 Å². The SMILES string of the molecule is COC(=O)N[C@@H](C(C)C)C(O)N1C2CC2C[C@H]1c1nc2ccc(-c3ccc(-c4ccc(-c5cnc([C@@H]6CC7CC7N6C(=O)[C@@H](NC(=O)OC)C(C)C)[nH]5)cc4)c4c3CC3CCC43)cc2[nH]1. The summed E-state index contributed by atoms with van der Waals surface area (Å²) in [5, 5.41) is 17.4. The number of alkyl carbamates (subject to hydrolysis) is 2. The first-order valence-corrected chi connectivity index (χ1v) is 23.7. The van der Waals surface area contributed by atoms with E-state index < -0.39 is 30.5 Å². The summed E-state index contributed by atoms with van der Waals surface area (Å²) in [5.74, 6) is 3.66. The molecule has 3 saturated carbocycles. The first-order valence-electron chi connectivity index (χ1n) is 23.7. The molecular weight excluding hydrogens is 821 g/mol. The highest BCUT2D eigenvalue weighted by Crippen LogP contribution is 2.57. The summed E-state index contributed by atoms with van der Waals surface area (Å²) >= 11 is 0. The lowest BCUT2D eigenvalue weighted by molar-refractivity contribution is -0.136. The summed E-state index contributed by atoms with van der Waals surface area (Å²) in [6.45, 7) is 7.88. The molecule has 5 fully saturated rings. The van der Waals surface area contributed by atoms with E-state index in [1.165, 1.54) is 60.4 Å². The minimum Gasteiger partial charge on any atom is -0.453 e. The number of nitrogens with zero attached hydrogens (tertiary/aromatic N) is 4. The van der Waals surface area contributed by atoms with Crippen molar-refractivity contribution in [1.82, 2.24) is 40.4 Å². The van der Waals surface area contributed by atoms with E-state index in [9.17, 15) is 19.5 Å². The van der Waals surface area contributed by atoms with E-state index in [0.717, 1.165) is 66.0 Å². The van der Waals surface area contributed by atoms with Crippen molar-refractivity contribution in [3.8, 4) is 33.5 Å². The van der Waals surface area contributed by atoms with Crippen molar-refractivity contribution < 1.29 is 29.0 Å². The number of fused-ring (bicyclic) bond motifs is 6. The summed E-state index contributed by atoms with van der Waals surface area (Å²) in [6, 6.07) is 19.0. The maximum absolute atomic E-state index is 13.9. The molecule has 5 aromatic rings. The van der Waals surface area contributed by atoms with E-state index in [-0.39, 0.29) is 41.9 Å². The molecule has 2 aliphatic heterocycles. The Balaban J connectivity index is 0.837. The summed E-state index contributed by atoms with van der Waals surface area (Å²) in [6.07, 6.45) is 7.21. The average Bonchev–Trinajstić information content (AvgIpc) is 3.83. The van der Waals surface area contributed by atoms with Crippen LogP contribution in [0.3, 0.4) is 0 Å². The second-order valence-electron chi connectivity index (χ2n) is 20.3. The van der Waals surface area contributed by atoms with E-state index in [2.05, 4.69) is 80.1 Å². The lowest BCUT2D eigenvalue weighted by Gasteiger charge is -2.37. The fraction of sp³-hybridized carbons (Fsp3) is 0.510. The predicted molar refractivity (Wildman–Crippen MR) is 245 cm³/mol. The van der Waals surface area contributed by atoms with Gasteiger partial charge in [0.1, 0.15) is 23.9 Å². The first-order chi connectivity index (χ1) is 31.4. The average molecular weight is 881 g/mol. The monoisotopic (exact) mass is 880 g/mol. The molecule has 14 heteroatoms. The number of benzene rings is 3. The molecule has 0 bridgehead atoms. The van der Waals surface area contributed by atoms with Gasteiger partial charge in [-0.1, -0.05) is 70.2 Å². The van der Waals surface area contributed by atoms with Crippen molar-refractivity contribution in [1.29, 1.82) is 0 Å². The molecule has 4 heterocycles. The van der Waals surface area contributed by atoms with Crippen LogP contribution in [0.4, 0.5) is 9.59 Å². The van der Waals surface area contributed by atoms with Gasteiger partial charge in [0, 0.05) is 12.1 Å². The van der Waals surface area contributed by atoms with Gasteiger partial charge in [0.2, 0.25) is 5.91 Å². The van der Waals surface area contributed by atoms with Gasteiger partial charge >= 0.3 is 12.2 Å². The van der Waals surface area contributed by atoms with E-state index >= 15 is 0 Å². The molecule has 3 amide bonds. The molecule has 14 nitrogen and oxygen atoms in total. The number of hydrogen-bond acceptors (Lipinski definition) is 9. The number of carbonyl (C=O) groups excluding carboxylic acids is 3. The summed E-state index contributed by atoms with van der Waals surface area (Å²) < 4.78 is 9.73. The van der Waals surface area contributed by atoms with E-state index in [0.29, 0.717) is 23.7 Å². The second kappa shape index (κ2) is 16.0. The first kappa shape index (κ1) is 41.9. The third kappa shape index (κ3) is 7.18. The Labute approximate surface area is 379 Å². The van der Waals surface area contributed by atoms with Crippen LogP contribution in [-0.4, -0.2) is 97.6 Å². The van der Waals surface area contributed by atoms with Crippen LogP contribution in [0.25, 0.3) is 44.5 Å². The standard InChI is InChI=1S/C51H60N8O6/c1-24(2)44(56-50(62)64-5)48(60)58-39-19-30(39)21-41(58)46-52-23-38(55-46)27-9-7-26(8-10-27)33-15-14-32(35-17-28-11-13-34(28)43(33)35)29-12-16-36-37(18-29)54-47(53-36)42-22-31-20-40(31)59(42)49(61)45(25(3)4)57-51(63)65-6/h7-10,12,14-16,18,23-25,28,30-31,34,39-42,44-45,49,61H,11,13,17,19-22H2,1-6H3,(H,52,55)(H,53,54)(H,56,62)(H,57,63)/t28?,30?,31?,34?,39?,40?,41-,42-,44-,45-,49?/m0/s1. The van der Waals surface area contributed by atoms with Gasteiger partial charge in [-0.25, -0.2) is 19.6 Å². The quantitative estimate of drug-likeness (QED) is 0.0827. The molecule has 0 spiro atoms. The number of nitrogens with one attached hydrogen (secondary N) is 4. The Bertz CT molecular complexity index is 2670. The Hall–Kier alpha value is -5.73. The molecule has 5 N–H and O–H groups in total. The number of hydrogen-bond donors (Lipinski definition) is 5. The van der Waals surface area contributed by atoms with Crippen LogP contribution in [0.15, 0.2) is 60.8 Å². The van der Waals surface area contributed by atoms with Crippen molar-refractivity contribution in [3.05, 3.63) is 83.6 Å². The van der Waals surface area contributed by atoms with Crippen molar-refractivity contribution in [2.24, 2.45) is 29.6 Å². The maximum atomic E-state index is 13.9. The molecule has 3 aromatic carbocycles. The third-order valence-electron chi connectivity index (χ3n) is 15.9. The minimum atomic E-state index is -0.869. The minimum absolute atomic E-state index is 0.00269. The Kier molecular flexibility index (Phi) is 10.3. The highest BCUT2D eigenvalue weighted by Gasteiger charge is 2.57. The van der Waals surface area contributed by atoms with E-state index in [4.69, 9.17) is 19.4 Å². The number of H-pyrrole nitrogens is 2. The van der Waals surface area contributed by atoms with Crippen LogP contribution >= 0.6 is 0 Å². The number of rotatable bonds is 12. The summed E-state index contributed by atoms with van der Waals surface area (Å²) in [7, 11) is 2.66. The lowest BCUT2D eigenvalue weighted by Crippen LogP contribution is -2.55. The van der Waals surface area contributed by atoms with Gasteiger partial charge in [0.05, 0.1) is 55.3 Å². The van der Waals surface area contributed by atoms with Crippen molar-refractivity contribution in [2.45, 2.75) is 121 Å². The van der Waals surface area contributed by atoms with Crippen LogP contribution in [0, 0.1) is 29.6 Å². The predicted octanol–water partition coefficient (Wildman–Crippen LogP) is 8.21. The molecule has 4 aliphatic carbocycles. The lowest BCUT2D eigenvalue weighted by atomic mass is 9.73. The number of carbonyl (C=O) groups is 3. The zero-order chi connectivity index (χ0) is 45.0. The molecular formula is C51H60N8O6. The number of likely N-dealkylation sites (tertiary alicyclic amines) is 2. The fourth-order valence-corrected chi connectivity index (χ4v) is 12.1.